The molecule has 0 heterocycles. The van der Waals surface area contributed by atoms with E-state index in [1.54, 1.807) is 6.92 Å². The van der Waals surface area contributed by atoms with Crippen molar-refractivity contribution in [2.24, 2.45) is 0 Å². The van der Waals surface area contributed by atoms with Crippen LogP contribution in [0.5, 0.6) is 0 Å². The maximum Gasteiger partial charge on any atom is 0.217 e. The van der Waals surface area contributed by atoms with Crippen molar-refractivity contribution in [2.45, 2.75) is 44.8 Å². The molecule has 1 amide bonds. The number of hydrogen-bond donors (Lipinski definition) is 1. The van der Waals surface area contributed by atoms with Crippen molar-refractivity contribution in [1.82, 2.24) is 5.32 Å². The smallest absolute Gasteiger partial charge is 0.217 e. The van der Waals surface area contributed by atoms with E-state index in [0.717, 1.165) is 25.7 Å². The average molecular weight is 244 g/mol. The molecule has 0 saturated heterocycles. The predicted octanol–water partition coefficient (Wildman–Crippen LogP) is 1.69. The Labute approximate surface area is 102 Å². The van der Waals surface area contributed by atoms with Crippen molar-refractivity contribution < 1.29 is 9.53 Å². The number of halogens is 1. The average Bonchev–Trinajstić information content (AvgIpc) is 2.26. The fraction of sp³-hybridized carbons (Fsp3) is 0.750. The SMILES string of the molecule is CC(=O)NC1CCC(OCC#CCCl)CC1. The fourth-order valence-corrected chi connectivity index (χ4v) is 2.01. The van der Waals surface area contributed by atoms with Crippen molar-refractivity contribution in [3.63, 3.8) is 0 Å². The number of alkyl halides is 1. The van der Waals surface area contributed by atoms with E-state index in [0.29, 0.717) is 18.5 Å². The van der Waals surface area contributed by atoms with Gasteiger partial charge in [-0.25, -0.2) is 0 Å². The summed E-state index contributed by atoms with van der Waals surface area (Å²) < 4.78 is 5.59. The molecule has 0 aliphatic heterocycles. The number of rotatable bonds is 3. The third-order valence-electron chi connectivity index (χ3n) is 2.66. The largest absolute Gasteiger partial charge is 0.366 e. The summed E-state index contributed by atoms with van der Waals surface area (Å²) in [7, 11) is 0. The molecular formula is C12H18ClNO2. The summed E-state index contributed by atoms with van der Waals surface area (Å²) in [5.41, 5.74) is 0. The minimum absolute atomic E-state index is 0.0531. The van der Waals surface area contributed by atoms with Gasteiger partial charge in [0.1, 0.15) is 6.61 Å². The molecule has 1 aliphatic rings. The zero-order valence-electron chi connectivity index (χ0n) is 9.59. The molecule has 16 heavy (non-hydrogen) atoms. The van der Waals surface area contributed by atoms with Gasteiger partial charge in [-0.15, -0.1) is 11.6 Å². The van der Waals surface area contributed by atoms with Crippen LogP contribution in [0.1, 0.15) is 32.6 Å². The lowest BCUT2D eigenvalue weighted by Crippen LogP contribution is -2.37. The molecule has 1 saturated carbocycles. The molecule has 0 aromatic rings. The zero-order chi connectivity index (χ0) is 11.8. The van der Waals surface area contributed by atoms with Crippen LogP contribution in [-0.2, 0) is 9.53 Å². The highest BCUT2D eigenvalue weighted by molar-refractivity contribution is 6.19. The van der Waals surface area contributed by atoms with Gasteiger partial charge in [0, 0.05) is 13.0 Å². The Bertz CT molecular complexity index is 274. The molecule has 0 radical (unpaired) electrons. The van der Waals surface area contributed by atoms with Crippen molar-refractivity contribution in [3.8, 4) is 11.8 Å². The quantitative estimate of drug-likeness (QED) is 0.605. The lowest BCUT2D eigenvalue weighted by atomic mass is 9.93. The Kier molecular flexibility index (Phi) is 6.29. The molecule has 1 aliphatic carbocycles. The minimum atomic E-state index is 0.0531. The summed E-state index contributed by atoms with van der Waals surface area (Å²) >= 11 is 5.42. The van der Waals surface area contributed by atoms with E-state index in [1.807, 2.05) is 0 Å². The molecule has 90 valence electrons. The standard InChI is InChI=1S/C12H18ClNO2/c1-10(15)14-11-4-6-12(7-5-11)16-9-3-2-8-13/h11-12H,4-9H2,1H3,(H,14,15). The van der Waals surface area contributed by atoms with E-state index in [9.17, 15) is 4.79 Å². The van der Waals surface area contributed by atoms with Gasteiger partial charge in [-0.3, -0.25) is 4.79 Å². The number of nitrogens with one attached hydrogen (secondary N) is 1. The molecular weight excluding hydrogens is 226 g/mol. The molecule has 0 aromatic heterocycles. The van der Waals surface area contributed by atoms with Gasteiger partial charge in [0.15, 0.2) is 0 Å². The number of carbonyl (C=O) groups is 1. The second-order valence-electron chi connectivity index (χ2n) is 3.97. The molecule has 4 heteroatoms. The summed E-state index contributed by atoms with van der Waals surface area (Å²) in [5.74, 6) is 6.02. The minimum Gasteiger partial charge on any atom is -0.366 e. The normalized spacial score (nSPS) is 24.4. The van der Waals surface area contributed by atoms with Gasteiger partial charge in [0.2, 0.25) is 5.91 Å². The Morgan fingerprint density at radius 1 is 1.38 bits per heavy atom. The van der Waals surface area contributed by atoms with Crippen LogP contribution in [0.15, 0.2) is 0 Å². The Hall–Kier alpha value is -0.720. The maximum absolute atomic E-state index is 10.9. The van der Waals surface area contributed by atoms with Crippen LogP contribution in [0.3, 0.4) is 0 Å². The first kappa shape index (κ1) is 13.3. The summed E-state index contributed by atoms with van der Waals surface area (Å²) in [6.45, 7) is 2.02. The molecule has 0 unspecified atom stereocenters. The van der Waals surface area contributed by atoms with E-state index in [1.165, 1.54) is 0 Å². The number of amides is 1. The van der Waals surface area contributed by atoms with E-state index >= 15 is 0 Å². The number of ether oxygens (including phenoxy) is 1. The molecule has 0 bridgehead atoms. The van der Waals surface area contributed by atoms with Crippen LogP contribution >= 0.6 is 11.6 Å². The molecule has 1 rings (SSSR count). The first-order valence-electron chi connectivity index (χ1n) is 5.62. The van der Waals surface area contributed by atoms with Crippen molar-refractivity contribution in [3.05, 3.63) is 0 Å². The first-order chi connectivity index (χ1) is 7.72. The van der Waals surface area contributed by atoms with Crippen molar-refractivity contribution >= 4 is 17.5 Å². The second-order valence-corrected chi connectivity index (χ2v) is 4.24. The highest BCUT2D eigenvalue weighted by Gasteiger charge is 2.21. The maximum atomic E-state index is 10.9. The molecule has 0 aromatic carbocycles. The Morgan fingerprint density at radius 3 is 2.62 bits per heavy atom. The van der Waals surface area contributed by atoms with Crippen LogP contribution < -0.4 is 5.32 Å². The van der Waals surface area contributed by atoms with Gasteiger partial charge in [-0.05, 0) is 25.7 Å². The molecule has 3 nitrogen and oxygen atoms in total. The second kappa shape index (κ2) is 7.54. The van der Waals surface area contributed by atoms with E-state index < -0.39 is 0 Å². The molecule has 1 N–H and O–H groups in total. The lowest BCUT2D eigenvalue weighted by Gasteiger charge is -2.28. The third-order valence-corrected chi connectivity index (χ3v) is 2.80. The Balaban J connectivity index is 2.14. The van der Waals surface area contributed by atoms with Crippen LogP contribution in [0, 0.1) is 11.8 Å². The zero-order valence-corrected chi connectivity index (χ0v) is 10.3. The summed E-state index contributed by atoms with van der Waals surface area (Å²) in [4.78, 5) is 10.9. The van der Waals surface area contributed by atoms with Crippen LogP contribution in [-0.4, -0.2) is 30.5 Å². The van der Waals surface area contributed by atoms with Gasteiger partial charge in [0.25, 0.3) is 0 Å². The summed E-state index contributed by atoms with van der Waals surface area (Å²) in [6, 6.07) is 0.325. The number of carbonyl (C=O) groups excluding carboxylic acids is 1. The van der Waals surface area contributed by atoms with E-state index in [-0.39, 0.29) is 12.0 Å². The highest BCUT2D eigenvalue weighted by Crippen LogP contribution is 2.20. The van der Waals surface area contributed by atoms with Gasteiger partial charge in [-0.2, -0.15) is 0 Å². The third kappa shape index (κ3) is 5.39. The monoisotopic (exact) mass is 243 g/mol. The van der Waals surface area contributed by atoms with Crippen LogP contribution in [0.2, 0.25) is 0 Å². The van der Waals surface area contributed by atoms with E-state index in [2.05, 4.69) is 17.2 Å². The van der Waals surface area contributed by atoms with Crippen molar-refractivity contribution in [1.29, 1.82) is 0 Å². The molecule has 0 spiro atoms. The number of hydrogen-bond acceptors (Lipinski definition) is 2. The van der Waals surface area contributed by atoms with Crippen LogP contribution in [0.4, 0.5) is 0 Å². The lowest BCUT2D eigenvalue weighted by molar-refractivity contribution is -0.120. The van der Waals surface area contributed by atoms with Crippen LogP contribution in [0.25, 0.3) is 0 Å². The fourth-order valence-electron chi connectivity index (χ4n) is 1.92. The van der Waals surface area contributed by atoms with Gasteiger partial charge >= 0.3 is 0 Å². The molecule has 1 fully saturated rings. The van der Waals surface area contributed by atoms with Crippen molar-refractivity contribution in [2.75, 3.05) is 12.5 Å². The summed E-state index contributed by atoms with van der Waals surface area (Å²) in [6.07, 6.45) is 4.26. The predicted molar refractivity (Wildman–Crippen MR) is 64.3 cm³/mol. The molecule has 0 atom stereocenters. The Morgan fingerprint density at radius 2 is 2.06 bits per heavy atom. The highest BCUT2D eigenvalue weighted by atomic mass is 35.5. The van der Waals surface area contributed by atoms with Gasteiger partial charge in [-0.1, -0.05) is 11.8 Å². The summed E-state index contributed by atoms with van der Waals surface area (Å²) in [5, 5.41) is 2.94. The van der Waals surface area contributed by atoms with E-state index in [4.69, 9.17) is 16.3 Å². The topological polar surface area (TPSA) is 38.3 Å². The van der Waals surface area contributed by atoms with Gasteiger partial charge < -0.3 is 10.1 Å². The van der Waals surface area contributed by atoms with Gasteiger partial charge in [0.05, 0.1) is 12.0 Å². The first-order valence-corrected chi connectivity index (χ1v) is 6.16.